The molecule has 2 fully saturated rings. The van der Waals surface area contributed by atoms with E-state index >= 15 is 0 Å². The topological polar surface area (TPSA) is 78.9 Å². The maximum atomic E-state index is 12.2. The van der Waals surface area contributed by atoms with E-state index in [1.807, 2.05) is 12.1 Å². The summed E-state index contributed by atoms with van der Waals surface area (Å²) in [6, 6.07) is 7.56. The molecule has 0 bridgehead atoms. The zero-order valence-corrected chi connectivity index (χ0v) is 12.2. The van der Waals surface area contributed by atoms with Gasteiger partial charge in [0.15, 0.2) is 11.5 Å². The molecule has 0 unspecified atom stereocenters. The first-order chi connectivity index (χ1) is 10.7. The van der Waals surface area contributed by atoms with Gasteiger partial charge in [0.2, 0.25) is 5.91 Å². The lowest BCUT2D eigenvalue weighted by Crippen LogP contribution is -2.22. The number of hydrogen-bond acceptors (Lipinski definition) is 4. The van der Waals surface area contributed by atoms with Gasteiger partial charge >= 0.3 is 0 Å². The standard InChI is InChI=1S/C17H17N3O2/c18-9-12(7-10-1-2-10)16(21)19-13-5-6-14-15(8-13)22-17(20-14)11-3-4-11/h5-6,8,10-12H,1-4,7H2,(H,19,21)/t12-/m0/s1. The SMILES string of the molecule is N#C[C@H](CC1CC1)C(=O)Nc1ccc2nc(C3CC3)oc2c1. The van der Waals surface area contributed by atoms with E-state index in [4.69, 9.17) is 9.68 Å². The second kappa shape index (κ2) is 5.13. The first kappa shape index (κ1) is 13.3. The van der Waals surface area contributed by atoms with Crippen LogP contribution >= 0.6 is 0 Å². The summed E-state index contributed by atoms with van der Waals surface area (Å²) in [5.74, 6) is 1.01. The Balaban J connectivity index is 1.50. The van der Waals surface area contributed by atoms with E-state index < -0.39 is 5.92 Å². The normalized spacial score (nSPS) is 18.9. The number of aromatic nitrogens is 1. The van der Waals surface area contributed by atoms with Crippen molar-refractivity contribution in [3.05, 3.63) is 24.1 Å². The van der Waals surface area contributed by atoms with Crippen molar-refractivity contribution in [3.8, 4) is 6.07 Å². The molecule has 0 aliphatic heterocycles. The van der Waals surface area contributed by atoms with Gasteiger partial charge in [-0.15, -0.1) is 0 Å². The van der Waals surface area contributed by atoms with Crippen molar-refractivity contribution in [2.24, 2.45) is 11.8 Å². The third-order valence-corrected chi connectivity index (χ3v) is 4.34. The Morgan fingerprint density at radius 1 is 1.41 bits per heavy atom. The van der Waals surface area contributed by atoms with Gasteiger partial charge in [0.05, 0.1) is 6.07 Å². The van der Waals surface area contributed by atoms with Crippen LogP contribution in [0.4, 0.5) is 5.69 Å². The van der Waals surface area contributed by atoms with E-state index in [2.05, 4.69) is 16.4 Å². The van der Waals surface area contributed by atoms with E-state index in [-0.39, 0.29) is 5.91 Å². The Morgan fingerprint density at radius 2 is 2.23 bits per heavy atom. The molecule has 0 saturated heterocycles. The van der Waals surface area contributed by atoms with Crippen LogP contribution in [-0.2, 0) is 4.79 Å². The number of carbonyl (C=O) groups is 1. The summed E-state index contributed by atoms with van der Waals surface area (Å²) in [4.78, 5) is 16.6. The third-order valence-electron chi connectivity index (χ3n) is 4.34. The van der Waals surface area contributed by atoms with Crippen LogP contribution in [0.15, 0.2) is 22.6 Å². The van der Waals surface area contributed by atoms with Crippen molar-refractivity contribution in [3.63, 3.8) is 0 Å². The van der Waals surface area contributed by atoms with Crippen molar-refractivity contribution in [2.45, 2.75) is 38.0 Å². The quantitative estimate of drug-likeness (QED) is 0.914. The highest BCUT2D eigenvalue weighted by atomic mass is 16.3. The van der Waals surface area contributed by atoms with Crippen molar-refractivity contribution in [1.29, 1.82) is 5.26 Å². The van der Waals surface area contributed by atoms with E-state index in [1.54, 1.807) is 6.07 Å². The van der Waals surface area contributed by atoms with Gasteiger partial charge in [-0.1, -0.05) is 12.8 Å². The fourth-order valence-corrected chi connectivity index (χ4v) is 2.66. The summed E-state index contributed by atoms with van der Waals surface area (Å²) in [5, 5.41) is 12.0. The van der Waals surface area contributed by atoms with Gasteiger partial charge in [0, 0.05) is 17.7 Å². The third kappa shape index (κ3) is 2.69. The van der Waals surface area contributed by atoms with Crippen LogP contribution in [0.1, 0.15) is 43.9 Å². The number of amides is 1. The Morgan fingerprint density at radius 3 is 2.91 bits per heavy atom. The van der Waals surface area contributed by atoms with Crippen LogP contribution in [0.3, 0.4) is 0 Å². The van der Waals surface area contributed by atoms with E-state index in [0.717, 1.165) is 37.1 Å². The molecule has 0 radical (unpaired) electrons. The molecule has 2 saturated carbocycles. The highest BCUT2D eigenvalue weighted by molar-refractivity contribution is 5.95. The molecule has 0 spiro atoms. The molecular weight excluding hydrogens is 278 g/mol. The Kier molecular flexibility index (Phi) is 3.11. The molecule has 2 aliphatic carbocycles. The van der Waals surface area contributed by atoms with E-state index in [0.29, 0.717) is 29.5 Å². The fraction of sp³-hybridized carbons (Fsp3) is 0.471. The van der Waals surface area contributed by atoms with Crippen molar-refractivity contribution >= 4 is 22.7 Å². The Labute approximate surface area is 128 Å². The van der Waals surface area contributed by atoms with Crippen LogP contribution in [0.5, 0.6) is 0 Å². The Hall–Kier alpha value is -2.35. The molecule has 1 amide bonds. The molecule has 5 nitrogen and oxygen atoms in total. The van der Waals surface area contributed by atoms with Crippen LogP contribution in [0.25, 0.3) is 11.1 Å². The average Bonchev–Trinajstić information content (AvgIpc) is 3.42. The first-order valence-electron chi connectivity index (χ1n) is 7.84. The van der Waals surface area contributed by atoms with Gasteiger partial charge in [0.1, 0.15) is 11.4 Å². The second-order valence-electron chi connectivity index (χ2n) is 6.36. The minimum absolute atomic E-state index is 0.226. The summed E-state index contributed by atoms with van der Waals surface area (Å²) in [6.45, 7) is 0. The number of nitrogens with zero attached hydrogens (tertiary/aromatic N) is 2. The molecule has 1 N–H and O–H groups in total. The molecule has 5 heteroatoms. The van der Waals surface area contributed by atoms with Gasteiger partial charge in [-0.25, -0.2) is 4.98 Å². The smallest absolute Gasteiger partial charge is 0.241 e. The summed E-state index contributed by atoms with van der Waals surface area (Å²) in [5.41, 5.74) is 2.16. The molecule has 2 aliphatic rings. The molecule has 4 rings (SSSR count). The predicted octanol–water partition coefficient (Wildman–Crippen LogP) is 3.58. The number of nitrogens with one attached hydrogen (secondary N) is 1. The molecule has 1 aromatic heterocycles. The number of hydrogen-bond donors (Lipinski definition) is 1. The van der Waals surface area contributed by atoms with Crippen molar-refractivity contribution in [1.82, 2.24) is 4.98 Å². The molecular formula is C17H17N3O2. The molecule has 2 aromatic rings. The zero-order chi connectivity index (χ0) is 15.1. The summed E-state index contributed by atoms with van der Waals surface area (Å²) < 4.78 is 5.75. The van der Waals surface area contributed by atoms with Crippen molar-refractivity contribution in [2.75, 3.05) is 5.32 Å². The average molecular weight is 295 g/mol. The predicted molar refractivity (Wildman–Crippen MR) is 81.1 cm³/mol. The van der Waals surface area contributed by atoms with Crippen molar-refractivity contribution < 1.29 is 9.21 Å². The molecule has 1 heterocycles. The monoisotopic (exact) mass is 295 g/mol. The lowest BCUT2D eigenvalue weighted by molar-refractivity contribution is -0.118. The van der Waals surface area contributed by atoms with Crippen LogP contribution in [0, 0.1) is 23.2 Å². The summed E-state index contributed by atoms with van der Waals surface area (Å²) in [7, 11) is 0. The van der Waals surface area contributed by atoms with Gasteiger partial charge < -0.3 is 9.73 Å². The largest absolute Gasteiger partial charge is 0.440 e. The number of oxazole rings is 1. The number of rotatable bonds is 5. The molecule has 22 heavy (non-hydrogen) atoms. The minimum Gasteiger partial charge on any atom is -0.440 e. The minimum atomic E-state index is -0.569. The number of anilines is 1. The van der Waals surface area contributed by atoms with Crippen LogP contribution in [0.2, 0.25) is 0 Å². The van der Waals surface area contributed by atoms with Gasteiger partial charge in [-0.2, -0.15) is 5.26 Å². The van der Waals surface area contributed by atoms with Gasteiger partial charge in [0.25, 0.3) is 0 Å². The van der Waals surface area contributed by atoms with E-state index in [9.17, 15) is 4.79 Å². The van der Waals surface area contributed by atoms with E-state index in [1.165, 1.54) is 0 Å². The lowest BCUT2D eigenvalue weighted by atomic mass is 10.0. The maximum absolute atomic E-state index is 12.2. The first-order valence-corrected chi connectivity index (χ1v) is 7.84. The lowest BCUT2D eigenvalue weighted by Gasteiger charge is -2.09. The van der Waals surface area contributed by atoms with Gasteiger partial charge in [-0.3, -0.25) is 4.79 Å². The molecule has 112 valence electrons. The maximum Gasteiger partial charge on any atom is 0.241 e. The highest BCUT2D eigenvalue weighted by Gasteiger charge is 2.30. The molecule has 1 atom stereocenters. The molecule has 1 aromatic carbocycles. The number of nitriles is 1. The highest BCUT2D eigenvalue weighted by Crippen LogP contribution is 2.40. The van der Waals surface area contributed by atoms with Crippen LogP contribution < -0.4 is 5.32 Å². The second-order valence-corrected chi connectivity index (χ2v) is 6.36. The fourth-order valence-electron chi connectivity index (χ4n) is 2.66. The Bertz CT molecular complexity index is 766. The van der Waals surface area contributed by atoms with Gasteiger partial charge in [-0.05, 0) is 37.3 Å². The summed E-state index contributed by atoms with van der Waals surface area (Å²) >= 11 is 0. The summed E-state index contributed by atoms with van der Waals surface area (Å²) in [6.07, 6.45) is 5.22. The number of carbonyl (C=O) groups excluding carboxylic acids is 1. The number of benzene rings is 1. The number of fused-ring (bicyclic) bond motifs is 1. The van der Waals surface area contributed by atoms with Crippen LogP contribution in [-0.4, -0.2) is 10.9 Å². The zero-order valence-electron chi connectivity index (χ0n) is 12.2.